The van der Waals surface area contributed by atoms with Crippen LogP contribution in [0, 0.1) is 6.92 Å². The molecule has 1 heterocycles. The zero-order valence-corrected chi connectivity index (χ0v) is 17.2. The summed E-state index contributed by atoms with van der Waals surface area (Å²) in [5, 5.41) is 5.64. The molecule has 0 aliphatic carbocycles. The number of hydrogen-bond donors (Lipinski definition) is 3. The molecule has 0 spiro atoms. The van der Waals surface area contributed by atoms with Crippen molar-refractivity contribution in [3.8, 4) is 5.75 Å². The number of benzene rings is 2. The smallest absolute Gasteiger partial charge is 0.279 e. The fourth-order valence-electron chi connectivity index (χ4n) is 3.67. The number of nitrogens with one attached hydrogen (secondary N) is 3. The number of anilines is 3. The van der Waals surface area contributed by atoms with E-state index in [9.17, 15) is 9.59 Å². The van der Waals surface area contributed by atoms with Gasteiger partial charge in [0.2, 0.25) is 5.91 Å². The van der Waals surface area contributed by atoms with Gasteiger partial charge in [-0.3, -0.25) is 9.59 Å². The third kappa shape index (κ3) is 5.48. The van der Waals surface area contributed by atoms with E-state index in [0.29, 0.717) is 23.7 Å². The van der Waals surface area contributed by atoms with Crippen molar-refractivity contribution in [2.24, 2.45) is 0 Å². The van der Waals surface area contributed by atoms with E-state index < -0.39 is 0 Å². The molecule has 0 saturated carbocycles. The van der Waals surface area contributed by atoms with Crippen LogP contribution in [0.3, 0.4) is 0 Å². The van der Waals surface area contributed by atoms with Crippen molar-refractivity contribution in [2.45, 2.75) is 13.8 Å². The van der Waals surface area contributed by atoms with Gasteiger partial charge in [-0.25, -0.2) is 0 Å². The summed E-state index contributed by atoms with van der Waals surface area (Å²) in [4.78, 5) is 27.5. The quantitative estimate of drug-likeness (QED) is 0.687. The SMILES string of the molecule is COc1ccc(NC(C)=O)cc1NC(=O)C[NH+]1CCN(c2ccccc2C)CC1. The van der Waals surface area contributed by atoms with Gasteiger partial charge in [0.25, 0.3) is 5.91 Å². The second-order valence-electron chi connectivity index (χ2n) is 7.34. The third-order valence-corrected chi connectivity index (χ3v) is 5.13. The van der Waals surface area contributed by atoms with Crippen LogP contribution in [-0.2, 0) is 9.59 Å². The predicted molar refractivity (Wildman–Crippen MR) is 115 cm³/mol. The summed E-state index contributed by atoms with van der Waals surface area (Å²) >= 11 is 0. The highest BCUT2D eigenvalue weighted by Crippen LogP contribution is 2.27. The topological polar surface area (TPSA) is 75.1 Å². The minimum absolute atomic E-state index is 0.0670. The molecule has 1 saturated heterocycles. The predicted octanol–water partition coefficient (Wildman–Crippen LogP) is 1.31. The number of para-hydroxylation sites is 1. The Morgan fingerprint density at radius 3 is 2.48 bits per heavy atom. The van der Waals surface area contributed by atoms with Gasteiger partial charge < -0.3 is 25.2 Å². The minimum atomic E-state index is -0.164. The van der Waals surface area contributed by atoms with Crippen LogP contribution in [0.1, 0.15) is 12.5 Å². The first-order chi connectivity index (χ1) is 14.0. The molecule has 1 aliphatic heterocycles. The minimum Gasteiger partial charge on any atom is -0.495 e. The molecule has 1 aliphatic rings. The Bertz CT molecular complexity index is 876. The number of quaternary nitrogens is 1. The van der Waals surface area contributed by atoms with E-state index in [2.05, 4.69) is 46.7 Å². The van der Waals surface area contributed by atoms with Gasteiger partial charge in [0.15, 0.2) is 6.54 Å². The number of hydrogen-bond acceptors (Lipinski definition) is 4. The first-order valence-electron chi connectivity index (χ1n) is 9.86. The van der Waals surface area contributed by atoms with Gasteiger partial charge in [-0.2, -0.15) is 0 Å². The van der Waals surface area contributed by atoms with Crippen LogP contribution in [-0.4, -0.2) is 51.6 Å². The molecule has 1 fully saturated rings. The van der Waals surface area contributed by atoms with Crippen molar-refractivity contribution >= 4 is 28.9 Å². The van der Waals surface area contributed by atoms with Crippen LogP contribution < -0.4 is 25.2 Å². The van der Waals surface area contributed by atoms with E-state index >= 15 is 0 Å². The van der Waals surface area contributed by atoms with Crippen molar-refractivity contribution in [3.63, 3.8) is 0 Å². The average molecular weight is 397 g/mol. The molecule has 2 amide bonds. The Labute approximate surface area is 171 Å². The van der Waals surface area contributed by atoms with E-state index in [1.54, 1.807) is 25.3 Å². The van der Waals surface area contributed by atoms with Gasteiger partial charge in [-0.05, 0) is 36.8 Å². The van der Waals surface area contributed by atoms with Gasteiger partial charge in [0, 0.05) is 18.3 Å². The Morgan fingerprint density at radius 1 is 1.10 bits per heavy atom. The number of piperazine rings is 1. The van der Waals surface area contributed by atoms with Crippen molar-refractivity contribution in [2.75, 3.05) is 55.4 Å². The Morgan fingerprint density at radius 2 is 1.83 bits per heavy atom. The molecule has 0 aromatic heterocycles. The second-order valence-corrected chi connectivity index (χ2v) is 7.34. The number of ether oxygens (including phenoxy) is 1. The summed E-state index contributed by atoms with van der Waals surface area (Å²) in [6.45, 7) is 7.64. The van der Waals surface area contributed by atoms with Gasteiger partial charge in [-0.1, -0.05) is 18.2 Å². The number of nitrogens with zero attached hydrogens (tertiary/aromatic N) is 1. The molecule has 0 unspecified atom stereocenters. The molecule has 0 atom stereocenters. The summed E-state index contributed by atoms with van der Waals surface area (Å²) in [6.07, 6.45) is 0. The molecule has 0 radical (unpaired) electrons. The normalized spacial score (nSPS) is 14.4. The van der Waals surface area contributed by atoms with Gasteiger partial charge in [-0.15, -0.1) is 0 Å². The zero-order chi connectivity index (χ0) is 20.8. The fourth-order valence-corrected chi connectivity index (χ4v) is 3.67. The highest BCUT2D eigenvalue weighted by molar-refractivity contribution is 5.95. The highest BCUT2D eigenvalue weighted by Gasteiger charge is 2.23. The second kappa shape index (κ2) is 9.43. The summed E-state index contributed by atoms with van der Waals surface area (Å²) in [6, 6.07) is 13.6. The van der Waals surface area contributed by atoms with E-state index in [1.165, 1.54) is 23.1 Å². The molecule has 0 bridgehead atoms. The number of aryl methyl sites for hydroxylation is 1. The summed E-state index contributed by atoms with van der Waals surface area (Å²) in [7, 11) is 1.55. The number of carbonyl (C=O) groups excluding carboxylic acids is 2. The standard InChI is InChI=1S/C22H28N4O3/c1-16-6-4-5-7-20(16)26-12-10-25(11-13-26)15-22(28)24-19-14-18(23-17(2)27)8-9-21(19)29-3/h4-9,14H,10-13,15H2,1-3H3,(H,23,27)(H,24,28)/p+1. The van der Waals surface area contributed by atoms with E-state index in [0.717, 1.165) is 26.2 Å². The van der Waals surface area contributed by atoms with E-state index in [1.807, 2.05) is 0 Å². The average Bonchev–Trinajstić information content (AvgIpc) is 2.69. The summed E-state index contributed by atoms with van der Waals surface area (Å²) in [5.41, 5.74) is 3.73. The molecule has 3 N–H and O–H groups in total. The molecule has 154 valence electrons. The van der Waals surface area contributed by atoms with Crippen LogP contribution in [0.2, 0.25) is 0 Å². The summed E-state index contributed by atoms with van der Waals surface area (Å²) < 4.78 is 5.33. The molecular weight excluding hydrogens is 368 g/mol. The van der Waals surface area contributed by atoms with Crippen LogP contribution in [0.25, 0.3) is 0 Å². The maximum atomic E-state index is 12.6. The fraction of sp³-hybridized carbons (Fsp3) is 0.364. The van der Waals surface area contributed by atoms with Gasteiger partial charge >= 0.3 is 0 Å². The molecule has 3 rings (SSSR count). The number of carbonyl (C=O) groups is 2. The molecule has 29 heavy (non-hydrogen) atoms. The third-order valence-electron chi connectivity index (χ3n) is 5.13. The zero-order valence-electron chi connectivity index (χ0n) is 17.2. The molecule has 7 heteroatoms. The molecule has 7 nitrogen and oxygen atoms in total. The van der Waals surface area contributed by atoms with Crippen molar-refractivity contribution in [1.82, 2.24) is 0 Å². The molecule has 2 aromatic rings. The van der Waals surface area contributed by atoms with E-state index in [4.69, 9.17) is 4.74 Å². The largest absolute Gasteiger partial charge is 0.495 e. The molecular formula is C22H29N4O3+. The lowest BCUT2D eigenvalue weighted by molar-refractivity contribution is -0.892. The van der Waals surface area contributed by atoms with Crippen molar-refractivity contribution in [1.29, 1.82) is 0 Å². The maximum Gasteiger partial charge on any atom is 0.279 e. The van der Waals surface area contributed by atoms with Crippen molar-refractivity contribution in [3.05, 3.63) is 48.0 Å². The summed E-state index contributed by atoms with van der Waals surface area (Å²) in [5.74, 6) is 0.331. The number of rotatable bonds is 6. The Balaban J connectivity index is 1.56. The van der Waals surface area contributed by atoms with Crippen molar-refractivity contribution < 1.29 is 19.2 Å². The lowest BCUT2D eigenvalue weighted by Gasteiger charge is -2.34. The van der Waals surface area contributed by atoms with Crippen LogP contribution in [0.4, 0.5) is 17.1 Å². The van der Waals surface area contributed by atoms with Crippen LogP contribution >= 0.6 is 0 Å². The molecule has 2 aromatic carbocycles. The number of methoxy groups -OCH3 is 1. The Kier molecular flexibility index (Phi) is 6.72. The van der Waals surface area contributed by atoms with Gasteiger partial charge in [0.1, 0.15) is 5.75 Å². The number of amides is 2. The monoisotopic (exact) mass is 397 g/mol. The van der Waals surface area contributed by atoms with Crippen LogP contribution in [0.5, 0.6) is 5.75 Å². The lowest BCUT2D eigenvalue weighted by Crippen LogP contribution is -3.15. The maximum absolute atomic E-state index is 12.6. The highest BCUT2D eigenvalue weighted by atomic mass is 16.5. The first-order valence-corrected chi connectivity index (χ1v) is 9.86. The van der Waals surface area contributed by atoms with E-state index in [-0.39, 0.29) is 11.8 Å². The lowest BCUT2D eigenvalue weighted by atomic mass is 10.1. The van der Waals surface area contributed by atoms with Gasteiger partial charge in [0.05, 0.1) is 39.0 Å². The van der Waals surface area contributed by atoms with Crippen LogP contribution in [0.15, 0.2) is 42.5 Å². The first kappa shape index (κ1) is 20.7. The Hall–Kier alpha value is -3.06.